The molecule has 2 aromatic carbocycles. The average Bonchev–Trinajstić information content (AvgIpc) is 3.20. The van der Waals surface area contributed by atoms with Crippen LogP contribution in [-0.4, -0.2) is 52.7 Å². The Labute approximate surface area is 188 Å². The minimum atomic E-state index is -3.72. The zero-order valence-corrected chi connectivity index (χ0v) is 18.7. The number of hydrogen-bond acceptors (Lipinski definition) is 8. The molecule has 0 radical (unpaired) electrons. The highest BCUT2D eigenvalue weighted by Gasteiger charge is 2.12. The molecule has 0 aliphatic rings. The van der Waals surface area contributed by atoms with Crippen molar-refractivity contribution >= 4 is 39.3 Å². The number of sulfonamides is 1. The van der Waals surface area contributed by atoms with Gasteiger partial charge in [-0.25, -0.2) is 13.6 Å². The predicted octanol–water partition coefficient (Wildman–Crippen LogP) is 0.719. The van der Waals surface area contributed by atoms with Crippen molar-refractivity contribution < 1.29 is 18.0 Å². The number of nitrogens with two attached hydrogens (primary N) is 1. The van der Waals surface area contributed by atoms with Crippen molar-refractivity contribution in [3.63, 3.8) is 0 Å². The highest BCUT2D eigenvalue weighted by atomic mass is 32.2. The van der Waals surface area contributed by atoms with Gasteiger partial charge in [-0.2, -0.15) is 4.68 Å². The summed E-state index contributed by atoms with van der Waals surface area (Å²) in [6, 6.07) is 13.2. The number of carbonyl (C=O) groups is 2. The van der Waals surface area contributed by atoms with Crippen LogP contribution in [0.2, 0.25) is 0 Å². The van der Waals surface area contributed by atoms with Gasteiger partial charge in [0.1, 0.15) is 0 Å². The van der Waals surface area contributed by atoms with Gasteiger partial charge >= 0.3 is 0 Å². The average molecular weight is 476 g/mol. The lowest BCUT2D eigenvalue weighted by Gasteiger charge is -2.08. The van der Waals surface area contributed by atoms with Crippen molar-refractivity contribution in [3.05, 3.63) is 54.1 Å². The first-order valence-electron chi connectivity index (χ1n) is 9.40. The van der Waals surface area contributed by atoms with Gasteiger partial charge in [-0.1, -0.05) is 30.0 Å². The standard InChI is InChI=1S/C19H21N7O4S2/c1-13(27)22-15-3-2-4-16(11-15)26-19(23-24-25-26)31-12-18(28)21-10-9-14-5-7-17(8-6-14)32(20,29)30/h2-8,11H,9-10,12H2,1H3,(H,21,28)(H,22,27)(H2,20,29,30). The van der Waals surface area contributed by atoms with Crippen LogP contribution in [0, 0.1) is 0 Å². The maximum Gasteiger partial charge on any atom is 0.238 e. The van der Waals surface area contributed by atoms with E-state index in [0.29, 0.717) is 29.5 Å². The van der Waals surface area contributed by atoms with Gasteiger partial charge in [-0.15, -0.1) is 5.10 Å². The lowest BCUT2D eigenvalue weighted by atomic mass is 10.1. The summed E-state index contributed by atoms with van der Waals surface area (Å²) in [7, 11) is -3.72. The summed E-state index contributed by atoms with van der Waals surface area (Å²) in [6.45, 7) is 1.81. The third kappa shape index (κ3) is 6.60. The number of amides is 2. The smallest absolute Gasteiger partial charge is 0.238 e. The van der Waals surface area contributed by atoms with E-state index in [-0.39, 0.29) is 22.5 Å². The van der Waals surface area contributed by atoms with E-state index in [0.717, 1.165) is 5.56 Å². The molecule has 0 saturated heterocycles. The Hall–Kier alpha value is -3.29. The second-order valence-corrected chi connectivity index (χ2v) is 9.19. The zero-order chi connectivity index (χ0) is 23.1. The highest BCUT2D eigenvalue weighted by Crippen LogP contribution is 2.20. The Balaban J connectivity index is 1.51. The summed E-state index contributed by atoms with van der Waals surface area (Å²) in [6.07, 6.45) is 0.537. The molecule has 3 rings (SSSR count). The number of thioether (sulfide) groups is 1. The first kappa shape index (κ1) is 23.4. The third-order valence-corrected chi connectivity index (χ3v) is 6.02. The molecule has 1 heterocycles. The van der Waals surface area contributed by atoms with Crippen LogP contribution in [-0.2, 0) is 26.0 Å². The molecule has 0 bridgehead atoms. The Kier molecular flexibility index (Phi) is 7.56. The van der Waals surface area contributed by atoms with Crippen LogP contribution in [0.3, 0.4) is 0 Å². The van der Waals surface area contributed by atoms with Crippen molar-refractivity contribution in [1.82, 2.24) is 25.5 Å². The van der Waals surface area contributed by atoms with Crippen LogP contribution < -0.4 is 15.8 Å². The van der Waals surface area contributed by atoms with Gasteiger partial charge in [0.15, 0.2) is 0 Å². The Morgan fingerprint density at radius 3 is 2.59 bits per heavy atom. The monoisotopic (exact) mass is 475 g/mol. The third-order valence-electron chi connectivity index (χ3n) is 4.17. The maximum absolute atomic E-state index is 12.2. The number of anilines is 1. The molecule has 4 N–H and O–H groups in total. The van der Waals surface area contributed by atoms with Crippen molar-refractivity contribution in [2.45, 2.75) is 23.4 Å². The lowest BCUT2D eigenvalue weighted by molar-refractivity contribution is -0.118. The van der Waals surface area contributed by atoms with Gasteiger partial charge in [-0.05, 0) is 52.7 Å². The molecule has 0 aliphatic heterocycles. The zero-order valence-electron chi connectivity index (χ0n) is 17.1. The first-order valence-corrected chi connectivity index (χ1v) is 11.9. The minimum absolute atomic E-state index is 0.0435. The van der Waals surface area contributed by atoms with Crippen LogP contribution in [0.1, 0.15) is 12.5 Å². The van der Waals surface area contributed by atoms with Crippen molar-refractivity contribution in [2.75, 3.05) is 17.6 Å². The molecule has 32 heavy (non-hydrogen) atoms. The number of aromatic nitrogens is 4. The van der Waals surface area contributed by atoms with E-state index in [9.17, 15) is 18.0 Å². The molecule has 11 nitrogen and oxygen atoms in total. The summed E-state index contributed by atoms with van der Waals surface area (Å²) in [5.74, 6) is -0.279. The van der Waals surface area contributed by atoms with E-state index in [2.05, 4.69) is 26.2 Å². The molecule has 0 spiro atoms. The molecule has 0 unspecified atom stereocenters. The van der Waals surface area contributed by atoms with Gasteiger partial charge in [0.05, 0.1) is 16.3 Å². The minimum Gasteiger partial charge on any atom is -0.355 e. The number of primary sulfonamides is 1. The van der Waals surface area contributed by atoms with E-state index in [1.807, 2.05) is 0 Å². The Morgan fingerprint density at radius 2 is 1.91 bits per heavy atom. The lowest BCUT2D eigenvalue weighted by Crippen LogP contribution is -2.27. The fraction of sp³-hybridized carbons (Fsp3) is 0.211. The molecule has 13 heteroatoms. The van der Waals surface area contributed by atoms with E-state index in [1.54, 1.807) is 36.4 Å². The largest absolute Gasteiger partial charge is 0.355 e. The Morgan fingerprint density at radius 1 is 1.16 bits per heavy atom. The quantitative estimate of drug-likeness (QED) is 0.381. The molecule has 0 fully saturated rings. The van der Waals surface area contributed by atoms with Gasteiger partial charge in [0.2, 0.25) is 27.0 Å². The second kappa shape index (κ2) is 10.3. The van der Waals surface area contributed by atoms with E-state index in [4.69, 9.17) is 5.14 Å². The number of tetrazole rings is 1. The predicted molar refractivity (Wildman–Crippen MR) is 119 cm³/mol. The highest BCUT2D eigenvalue weighted by molar-refractivity contribution is 7.99. The van der Waals surface area contributed by atoms with E-state index in [1.165, 1.54) is 35.5 Å². The van der Waals surface area contributed by atoms with Gasteiger partial charge in [0.25, 0.3) is 0 Å². The molecule has 0 atom stereocenters. The molecular weight excluding hydrogens is 454 g/mol. The summed E-state index contributed by atoms with van der Waals surface area (Å²) < 4.78 is 24.0. The topological polar surface area (TPSA) is 162 Å². The van der Waals surface area contributed by atoms with Gasteiger partial charge in [-0.3, -0.25) is 9.59 Å². The fourth-order valence-corrected chi connectivity index (χ4v) is 3.96. The first-order chi connectivity index (χ1) is 15.2. The number of hydrogen-bond donors (Lipinski definition) is 3. The Bertz CT molecular complexity index is 1210. The summed E-state index contributed by atoms with van der Waals surface area (Å²) in [5.41, 5.74) is 2.12. The summed E-state index contributed by atoms with van der Waals surface area (Å²) in [4.78, 5) is 23.5. The normalized spacial score (nSPS) is 11.2. The van der Waals surface area contributed by atoms with Gasteiger partial charge < -0.3 is 10.6 Å². The van der Waals surface area contributed by atoms with Crippen molar-refractivity contribution in [3.8, 4) is 5.69 Å². The summed E-state index contributed by atoms with van der Waals surface area (Å²) >= 11 is 1.17. The van der Waals surface area contributed by atoms with Crippen molar-refractivity contribution in [2.24, 2.45) is 5.14 Å². The van der Waals surface area contributed by atoms with Crippen LogP contribution in [0.4, 0.5) is 5.69 Å². The van der Waals surface area contributed by atoms with Gasteiger partial charge in [0, 0.05) is 19.2 Å². The number of nitrogens with zero attached hydrogens (tertiary/aromatic N) is 4. The number of rotatable bonds is 9. The molecular formula is C19H21N7O4S2. The molecule has 0 aliphatic carbocycles. The maximum atomic E-state index is 12.2. The molecule has 168 valence electrons. The van der Waals surface area contributed by atoms with Crippen LogP contribution in [0.15, 0.2) is 58.6 Å². The molecule has 1 aromatic heterocycles. The SMILES string of the molecule is CC(=O)Nc1cccc(-n2nnnc2SCC(=O)NCCc2ccc(S(N)(=O)=O)cc2)c1. The molecule has 3 aromatic rings. The number of carbonyl (C=O) groups excluding carboxylic acids is 2. The molecule has 0 saturated carbocycles. The van der Waals surface area contributed by atoms with E-state index >= 15 is 0 Å². The van der Waals surface area contributed by atoms with Crippen LogP contribution in [0.5, 0.6) is 0 Å². The van der Waals surface area contributed by atoms with Crippen LogP contribution in [0.25, 0.3) is 5.69 Å². The molecule has 2 amide bonds. The number of benzene rings is 2. The second-order valence-electron chi connectivity index (χ2n) is 6.68. The van der Waals surface area contributed by atoms with Crippen LogP contribution >= 0.6 is 11.8 Å². The fourth-order valence-electron chi connectivity index (χ4n) is 2.72. The number of nitrogens with one attached hydrogen (secondary N) is 2. The summed E-state index contributed by atoms with van der Waals surface area (Å²) in [5, 5.41) is 22.6. The van der Waals surface area contributed by atoms with Crippen molar-refractivity contribution in [1.29, 1.82) is 0 Å². The van der Waals surface area contributed by atoms with E-state index < -0.39 is 10.0 Å².